The van der Waals surface area contributed by atoms with Gasteiger partial charge in [-0.3, -0.25) is 9.59 Å². The second-order valence-corrected chi connectivity index (χ2v) is 9.89. The third-order valence-corrected chi connectivity index (χ3v) is 7.38. The first-order chi connectivity index (χ1) is 17.5. The number of morpholine rings is 1. The Morgan fingerprint density at radius 3 is 2.50 bits per heavy atom. The maximum Gasteiger partial charge on any atom is 0.290 e. The van der Waals surface area contributed by atoms with Crippen molar-refractivity contribution >= 4 is 16.9 Å². The van der Waals surface area contributed by atoms with Crippen molar-refractivity contribution in [3.63, 3.8) is 0 Å². The molecule has 5 rings (SSSR count). The molecule has 0 radical (unpaired) electrons. The van der Waals surface area contributed by atoms with Gasteiger partial charge >= 0.3 is 0 Å². The van der Waals surface area contributed by atoms with Gasteiger partial charge in [-0.2, -0.15) is 0 Å². The molecule has 190 valence electrons. The van der Waals surface area contributed by atoms with Gasteiger partial charge in [0.05, 0.1) is 43.4 Å². The minimum absolute atomic E-state index is 0.125. The Balaban J connectivity index is 1.52. The lowest BCUT2D eigenvalue weighted by atomic mass is 9.97. The van der Waals surface area contributed by atoms with Crippen molar-refractivity contribution in [1.82, 2.24) is 4.90 Å². The first-order valence-corrected chi connectivity index (χ1v) is 13.0. The number of benzene rings is 2. The molecular formula is C29H35N2O5+. The quantitative estimate of drug-likeness (QED) is 0.524. The number of carbonyl (C=O) groups excluding carboxylic acids is 1. The highest BCUT2D eigenvalue weighted by molar-refractivity contribution is 5.99. The van der Waals surface area contributed by atoms with Gasteiger partial charge in [-0.15, -0.1) is 0 Å². The van der Waals surface area contributed by atoms with Gasteiger partial charge in [0.25, 0.3) is 5.91 Å². The average molecular weight is 492 g/mol. The molecule has 1 amide bonds. The number of nitrogens with one attached hydrogen (secondary N) is 1. The second kappa shape index (κ2) is 10.4. The molecule has 0 bridgehead atoms. The van der Waals surface area contributed by atoms with Crippen molar-refractivity contribution in [3.05, 3.63) is 74.6 Å². The number of hydrogen-bond donors (Lipinski definition) is 1. The van der Waals surface area contributed by atoms with Crippen LogP contribution in [-0.2, 0) is 4.74 Å². The molecule has 0 aliphatic carbocycles. The van der Waals surface area contributed by atoms with E-state index in [1.165, 1.54) is 4.90 Å². The summed E-state index contributed by atoms with van der Waals surface area (Å²) in [7, 11) is 0. The van der Waals surface area contributed by atoms with E-state index in [0.29, 0.717) is 29.7 Å². The van der Waals surface area contributed by atoms with Crippen LogP contribution in [0.4, 0.5) is 0 Å². The number of quaternary nitrogens is 1. The Morgan fingerprint density at radius 1 is 1.06 bits per heavy atom. The summed E-state index contributed by atoms with van der Waals surface area (Å²) in [5.41, 5.74) is 3.73. The molecule has 1 fully saturated rings. The Kier molecular flexibility index (Phi) is 7.12. The van der Waals surface area contributed by atoms with E-state index >= 15 is 0 Å². The lowest BCUT2D eigenvalue weighted by molar-refractivity contribution is -0.908. The van der Waals surface area contributed by atoms with Crippen LogP contribution in [0.2, 0.25) is 0 Å². The Morgan fingerprint density at radius 2 is 1.78 bits per heavy atom. The molecule has 3 heterocycles. The molecule has 7 heteroatoms. The van der Waals surface area contributed by atoms with E-state index in [0.717, 1.165) is 68.1 Å². The maximum atomic E-state index is 13.8. The fraction of sp³-hybridized carbons (Fsp3) is 0.448. The Hall–Kier alpha value is -3.16. The van der Waals surface area contributed by atoms with Gasteiger partial charge in [-0.1, -0.05) is 19.1 Å². The number of carbonyl (C=O) groups is 1. The summed E-state index contributed by atoms with van der Waals surface area (Å²) < 4.78 is 17.4. The first-order valence-electron chi connectivity index (χ1n) is 13.0. The number of amides is 1. The Bertz CT molecular complexity index is 1310. The smallest absolute Gasteiger partial charge is 0.290 e. The standard InChI is InChI=1S/C29H34N2O5/c1-4-14-35-22-8-6-21(7-9-22)26-25-27(32)23-17-19(2)20(3)18-24(23)36-28(25)29(33)31(26)11-5-10-30-12-15-34-16-13-30/h6-9,17-18,26H,4-5,10-16H2,1-3H3/p+1/t26-/m1/s1. The molecule has 1 saturated heterocycles. The van der Waals surface area contributed by atoms with Crippen LogP contribution in [0.1, 0.15) is 58.6 Å². The zero-order valence-electron chi connectivity index (χ0n) is 21.4. The van der Waals surface area contributed by atoms with Gasteiger partial charge in [-0.05, 0) is 61.2 Å². The summed E-state index contributed by atoms with van der Waals surface area (Å²) >= 11 is 0. The van der Waals surface area contributed by atoms with Crippen molar-refractivity contribution in [2.24, 2.45) is 0 Å². The van der Waals surface area contributed by atoms with E-state index < -0.39 is 6.04 Å². The molecule has 3 aromatic rings. The first kappa shape index (κ1) is 24.5. The largest absolute Gasteiger partial charge is 0.494 e. The molecule has 2 aliphatic rings. The minimum Gasteiger partial charge on any atom is -0.494 e. The SMILES string of the molecule is CCCOc1ccc([C@@H]2c3c(oc4cc(C)c(C)cc4c3=O)C(=O)N2CCC[NH+]2CCOCC2)cc1. The van der Waals surface area contributed by atoms with Crippen LogP contribution in [0, 0.1) is 13.8 Å². The normalized spacial score (nSPS) is 18.1. The van der Waals surface area contributed by atoms with Crippen LogP contribution < -0.4 is 15.1 Å². The summed E-state index contributed by atoms with van der Waals surface area (Å²) in [6.45, 7) is 11.7. The van der Waals surface area contributed by atoms with Crippen LogP contribution in [0.25, 0.3) is 11.0 Å². The van der Waals surface area contributed by atoms with Gasteiger partial charge < -0.3 is 23.7 Å². The highest BCUT2D eigenvalue weighted by Gasteiger charge is 2.42. The third kappa shape index (κ3) is 4.65. The van der Waals surface area contributed by atoms with Gasteiger partial charge in [0.15, 0.2) is 5.43 Å². The molecule has 0 spiro atoms. The van der Waals surface area contributed by atoms with E-state index in [9.17, 15) is 9.59 Å². The molecule has 1 N–H and O–H groups in total. The number of rotatable bonds is 8. The summed E-state index contributed by atoms with van der Waals surface area (Å²) in [5, 5.41) is 0.525. The van der Waals surface area contributed by atoms with Gasteiger partial charge in [0.1, 0.15) is 24.4 Å². The second-order valence-electron chi connectivity index (χ2n) is 9.89. The van der Waals surface area contributed by atoms with Crippen molar-refractivity contribution in [2.45, 2.75) is 39.7 Å². The van der Waals surface area contributed by atoms with Crippen LogP contribution in [-0.4, -0.2) is 56.8 Å². The number of hydrogen-bond acceptors (Lipinski definition) is 5. The van der Waals surface area contributed by atoms with Crippen LogP contribution in [0.15, 0.2) is 45.6 Å². The fourth-order valence-corrected chi connectivity index (χ4v) is 5.23. The molecular weight excluding hydrogens is 456 g/mol. The average Bonchev–Trinajstić information content (AvgIpc) is 3.17. The summed E-state index contributed by atoms with van der Waals surface area (Å²) in [4.78, 5) is 30.8. The van der Waals surface area contributed by atoms with Crippen LogP contribution in [0.3, 0.4) is 0 Å². The summed E-state index contributed by atoms with van der Waals surface area (Å²) in [6, 6.07) is 11.0. The van der Waals surface area contributed by atoms with Crippen molar-refractivity contribution in [2.75, 3.05) is 46.0 Å². The van der Waals surface area contributed by atoms with Crippen LogP contribution >= 0.6 is 0 Å². The molecule has 2 aliphatic heterocycles. The predicted octanol–water partition coefficient (Wildman–Crippen LogP) is 3.05. The molecule has 0 unspecified atom stereocenters. The molecule has 1 aromatic heterocycles. The van der Waals surface area contributed by atoms with Gasteiger partial charge in [0.2, 0.25) is 5.76 Å². The highest BCUT2D eigenvalue weighted by Crippen LogP contribution is 2.39. The van der Waals surface area contributed by atoms with E-state index in [1.54, 1.807) is 0 Å². The third-order valence-electron chi connectivity index (χ3n) is 7.38. The van der Waals surface area contributed by atoms with Gasteiger partial charge in [-0.25, -0.2) is 0 Å². The molecule has 1 atom stereocenters. The summed E-state index contributed by atoms with van der Waals surface area (Å²) in [6.07, 6.45) is 1.77. The number of nitrogens with zero attached hydrogens (tertiary/aromatic N) is 1. The topological polar surface area (TPSA) is 73.4 Å². The van der Waals surface area contributed by atoms with Crippen molar-refractivity contribution in [3.8, 4) is 5.75 Å². The lowest BCUT2D eigenvalue weighted by Crippen LogP contribution is -3.14. The number of fused-ring (bicyclic) bond motifs is 2. The lowest BCUT2D eigenvalue weighted by Gasteiger charge is -2.27. The zero-order chi connectivity index (χ0) is 25.2. The molecule has 2 aromatic carbocycles. The van der Waals surface area contributed by atoms with Crippen molar-refractivity contribution in [1.29, 1.82) is 0 Å². The van der Waals surface area contributed by atoms with E-state index in [4.69, 9.17) is 13.9 Å². The highest BCUT2D eigenvalue weighted by atomic mass is 16.5. The summed E-state index contributed by atoms with van der Waals surface area (Å²) in [5.74, 6) is 0.741. The van der Waals surface area contributed by atoms with Crippen molar-refractivity contribution < 1.29 is 23.6 Å². The monoisotopic (exact) mass is 491 g/mol. The molecule has 7 nitrogen and oxygen atoms in total. The van der Waals surface area contributed by atoms with Gasteiger partial charge in [0, 0.05) is 13.0 Å². The van der Waals surface area contributed by atoms with E-state index in [-0.39, 0.29) is 17.1 Å². The molecule has 36 heavy (non-hydrogen) atoms. The van der Waals surface area contributed by atoms with E-state index in [1.807, 2.05) is 55.1 Å². The zero-order valence-corrected chi connectivity index (χ0v) is 21.4. The van der Waals surface area contributed by atoms with Crippen LogP contribution in [0.5, 0.6) is 5.75 Å². The van der Waals surface area contributed by atoms with E-state index in [2.05, 4.69) is 6.92 Å². The fourth-order valence-electron chi connectivity index (χ4n) is 5.23. The Labute approximate surface area is 211 Å². The predicted molar refractivity (Wildman–Crippen MR) is 138 cm³/mol. The number of aryl methyl sites for hydroxylation is 2. The maximum absolute atomic E-state index is 13.8. The number of ether oxygens (including phenoxy) is 2. The minimum atomic E-state index is -0.477. The molecule has 0 saturated carbocycles.